The van der Waals surface area contributed by atoms with Crippen molar-refractivity contribution in [1.29, 1.82) is 0 Å². The number of nitrogens with zero attached hydrogens (tertiary/aromatic N) is 2. The molecular formula is C25H25Cl2N3O5S. The SMILES string of the molecule is COc1cccc(C=NNC(=O)CN(Cc2ccc(Cl)c(Cl)c2)S(=O)(=O)c2ccc(C)cc2)c1OC. The van der Waals surface area contributed by atoms with E-state index in [0.29, 0.717) is 27.6 Å². The fourth-order valence-electron chi connectivity index (χ4n) is 3.31. The third-order valence-electron chi connectivity index (χ3n) is 5.15. The molecule has 0 atom stereocenters. The zero-order valence-corrected chi connectivity index (χ0v) is 22.2. The van der Waals surface area contributed by atoms with Gasteiger partial charge in [0.1, 0.15) is 0 Å². The molecule has 0 radical (unpaired) electrons. The molecule has 1 amide bonds. The minimum absolute atomic E-state index is 0.0607. The highest BCUT2D eigenvalue weighted by Crippen LogP contribution is 2.29. The molecule has 8 nitrogen and oxygen atoms in total. The predicted molar refractivity (Wildman–Crippen MR) is 141 cm³/mol. The summed E-state index contributed by atoms with van der Waals surface area (Å²) in [7, 11) is -1.02. The topological polar surface area (TPSA) is 97.3 Å². The largest absolute Gasteiger partial charge is 0.493 e. The zero-order valence-electron chi connectivity index (χ0n) is 19.9. The Morgan fingerprint density at radius 1 is 1.03 bits per heavy atom. The number of sulfonamides is 1. The van der Waals surface area contributed by atoms with E-state index in [1.54, 1.807) is 48.5 Å². The van der Waals surface area contributed by atoms with E-state index in [1.165, 1.54) is 32.6 Å². The Labute approximate surface area is 220 Å². The van der Waals surface area contributed by atoms with Crippen LogP contribution in [0.25, 0.3) is 0 Å². The van der Waals surface area contributed by atoms with Crippen LogP contribution in [0.1, 0.15) is 16.7 Å². The molecule has 3 aromatic rings. The number of carbonyl (C=O) groups is 1. The van der Waals surface area contributed by atoms with Gasteiger partial charge < -0.3 is 9.47 Å². The van der Waals surface area contributed by atoms with Crippen molar-refractivity contribution in [3.8, 4) is 11.5 Å². The third kappa shape index (κ3) is 6.76. The van der Waals surface area contributed by atoms with E-state index in [0.717, 1.165) is 9.87 Å². The van der Waals surface area contributed by atoms with Gasteiger partial charge in [0.05, 0.1) is 41.9 Å². The first-order valence-corrected chi connectivity index (χ1v) is 12.9. The van der Waals surface area contributed by atoms with Crippen molar-refractivity contribution in [1.82, 2.24) is 9.73 Å². The summed E-state index contributed by atoms with van der Waals surface area (Å²) in [5.41, 5.74) is 4.41. The lowest BCUT2D eigenvalue weighted by Crippen LogP contribution is -2.39. The summed E-state index contributed by atoms with van der Waals surface area (Å²) >= 11 is 12.1. The lowest BCUT2D eigenvalue weighted by Gasteiger charge is -2.22. The van der Waals surface area contributed by atoms with Crippen molar-refractivity contribution in [3.63, 3.8) is 0 Å². The van der Waals surface area contributed by atoms with Crippen molar-refractivity contribution in [2.75, 3.05) is 20.8 Å². The first-order valence-electron chi connectivity index (χ1n) is 10.7. The second-order valence-corrected chi connectivity index (χ2v) is 10.5. The highest BCUT2D eigenvalue weighted by atomic mass is 35.5. The summed E-state index contributed by atoms with van der Waals surface area (Å²) in [5.74, 6) is 0.315. The Morgan fingerprint density at radius 2 is 1.75 bits per heavy atom. The number of nitrogens with one attached hydrogen (secondary N) is 1. The molecule has 3 aromatic carbocycles. The molecule has 0 aliphatic rings. The van der Waals surface area contributed by atoms with Crippen LogP contribution >= 0.6 is 23.2 Å². The maximum absolute atomic E-state index is 13.4. The van der Waals surface area contributed by atoms with Crippen LogP contribution in [0.4, 0.5) is 0 Å². The molecule has 0 spiro atoms. The molecule has 0 aromatic heterocycles. The van der Waals surface area contributed by atoms with Crippen LogP contribution in [-0.2, 0) is 21.4 Å². The Morgan fingerprint density at radius 3 is 2.39 bits per heavy atom. The number of para-hydroxylation sites is 1. The molecule has 3 rings (SSSR count). The highest BCUT2D eigenvalue weighted by molar-refractivity contribution is 7.89. The first kappa shape index (κ1) is 27.5. The van der Waals surface area contributed by atoms with Crippen LogP contribution in [0.2, 0.25) is 10.0 Å². The van der Waals surface area contributed by atoms with Crippen molar-refractivity contribution in [2.24, 2.45) is 5.10 Å². The lowest BCUT2D eigenvalue weighted by molar-refractivity contribution is -0.121. The molecule has 0 unspecified atom stereocenters. The van der Waals surface area contributed by atoms with Crippen LogP contribution in [0, 0.1) is 6.92 Å². The fourth-order valence-corrected chi connectivity index (χ4v) is 5.01. The van der Waals surface area contributed by atoms with Gasteiger partial charge >= 0.3 is 0 Å². The van der Waals surface area contributed by atoms with E-state index in [9.17, 15) is 13.2 Å². The number of halogens is 2. The number of ether oxygens (including phenoxy) is 2. The summed E-state index contributed by atoms with van der Waals surface area (Å²) in [5, 5.41) is 4.58. The second-order valence-electron chi connectivity index (χ2n) is 7.71. The fraction of sp³-hybridized carbons (Fsp3) is 0.200. The Balaban J connectivity index is 1.83. The Kier molecular flexibility index (Phi) is 9.33. The van der Waals surface area contributed by atoms with Crippen LogP contribution < -0.4 is 14.9 Å². The number of benzene rings is 3. The van der Waals surface area contributed by atoms with E-state index in [4.69, 9.17) is 32.7 Å². The van der Waals surface area contributed by atoms with Gasteiger partial charge in [-0.2, -0.15) is 9.41 Å². The molecule has 0 saturated heterocycles. The molecule has 0 aliphatic heterocycles. The summed E-state index contributed by atoms with van der Waals surface area (Å²) in [6.45, 7) is 1.27. The number of rotatable bonds is 10. The van der Waals surface area contributed by atoms with E-state index in [2.05, 4.69) is 10.5 Å². The average Bonchev–Trinajstić information content (AvgIpc) is 2.85. The van der Waals surface area contributed by atoms with Gasteiger partial charge in [0.25, 0.3) is 5.91 Å². The Hall–Kier alpha value is -3.11. The van der Waals surface area contributed by atoms with Crippen LogP contribution in [0.5, 0.6) is 11.5 Å². The number of aryl methyl sites for hydroxylation is 1. The molecule has 11 heteroatoms. The van der Waals surface area contributed by atoms with Gasteiger partial charge in [-0.25, -0.2) is 13.8 Å². The van der Waals surface area contributed by atoms with Crippen LogP contribution in [0.3, 0.4) is 0 Å². The number of carbonyl (C=O) groups excluding carboxylic acids is 1. The van der Waals surface area contributed by atoms with Crippen molar-refractivity contribution < 1.29 is 22.7 Å². The van der Waals surface area contributed by atoms with Gasteiger partial charge in [0, 0.05) is 12.1 Å². The van der Waals surface area contributed by atoms with Crippen molar-refractivity contribution in [2.45, 2.75) is 18.4 Å². The maximum atomic E-state index is 13.4. The predicted octanol–water partition coefficient (Wildman–Crippen LogP) is 4.66. The first-order chi connectivity index (χ1) is 17.1. The minimum Gasteiger partial charge on any atom is -0.493 e. The van der Waals surface area contributed by atoms with Crippen molar-refractivity contribution in [3.05, 3.63) is 87.4 Å². The third-order valence-corrected chi connectivity index (χ3v) is 7.69. The number of hydrazone groups is 1. The quantitative estimate of drug-likeness (QED) is 0.293. The summed E-state index contributed by atoms with van der Waals surface area (Å²) in [4.78, 5) is 12.8. The number of hydrogen-bond donors (Lipinski definition) is 1. The minimum atomic E-state index is -4.02. The van der Waals surface area contributed by atoms with E-state index in [-0.39, 0.29) is 16.5 Å². The van der Waals surface area contributed by atoms with Crippen LogP contribution in [0.15, 0.2) is 70.7 Å². The smallest absolute Gasteiger partial charge is 0.255 e. The molecule has 0 saturated carbocycles. The van der Waals surface area contributed by atoms with Gasteiger partial charge in [-0.3, -0.25) is 4.79 Å². The van der Waals surface area contributed by atoms with Gasteiger partial charge in [0.2, 0.25) is 10.0 Å². The summed E-state index contributed by atoms with van der Waals surface area (Å²) in [6, 6.07) is 16.4. The number of amides is 1. The number of methoxy groups -OCH3 is 2. The summed E-state index contributed by atoms with van der Waals surface area (Å²) < 4.78 is 38.4. The zero-order chi connectivity index (χ0) is 26.3. The molecular weight excluding hydrogens is 525 g/mol. The second kappa shape index (κ2) is 12.2. The molecule has 0 aliphatic carbocycles. The van der Waals surface area contributed by atoms with Crippen LogP contribution in [-0.4, -0.2) is 45.6 Å². The van der Waals surface area contributed by atoms with Crippen molar-refractivity contribution >= 4 is 45.3 Å². The highest BCUT2D eigenvalue weighted by Gasteiger charge is 2.27. The monoisotopic (exact) mass is 549 g/mol. The normalized spacial score (nSPS) is 11.6. The van der Waals surface area contributed by atoms with E-state index >= 15 is 0 Å². The maximum Gasteiger partial charge on any atom is 0.255 e. The van der Waals surface area contributed by atoms with E-state index < -0.39 is 22.5 Å². The molecule has 0 fully saturated rings. The van der Waals surface area contributed by atoms with Gasteiger partial charge in [0.15, 0.2) is 11.5 Å². The number of hydrogen-bond acceptors (Lipinski definition) is 6. The summed E-state index contributed by atoms with van der Waals surface area (Å²) in [6.07, 6.45) is 1.39. The molecule has 1 N–H and O–H groups in total. The standard InChI is InChI=1S/C25H25Cl2N3O5S/c1-17-7-10-20(11-8-17)36(32,33)30(15-18-9-12-21(26)22(27)13-18)16-24(31)29-28-14-19-5-4-6-23(34-2)25(19)35-3/h4-14H,15-16H2,1-3H3,(H,29,31). The molecule has 36 heavy (non-hydrogen) atoms. The Bertz CT molecular complexity index is 1360. The molecule has 0 bridgehead atoms. The van der Waals surface area contributed by atoms with Gasteiger partial charge in [-0.15, -0.1) is 0 Å². The molecule has 190 valence electrons. The average molecular weight is 550 g/mol. The lowest BCUT2D eigenvalue weighted by atomic mass is 10.2. The van der Waals surface area contributed by atoms with Gasteiger partial charge in [-0.05, 0) is 48.9 Å². The van der Waals surface area contributed by atoms with Gasteiger partial charge in [-0.1, -0.05) is 53.0 Å². The molecule has 0 heterocycles. The van der Waals surface area contributed by atoms with E-state index in [1.807, 2.05) is 6.92 Å².